The number of aryl methyl sites for hydroxylation is 1. The average molecular weight is 378 g/mol. The lowest BCUT2D eigenvalue weighted by molar-refractivity contribution is 0.269. The molecule has 5 nitrogen and oxygen atoms in total. The Balaban J connectivity index is 1.36. The van der Waals surface area contributed by atoms with Gasteiger partial charge >= 0.3 is 5.63 Å². The Bertz CT molecular complexity index is 1120. The van der Waals surface area contributed by atoms with Gasteiger partial charge in [0, 0.05) is 12.1 Å². The zero-order chi connectivity index (χ0) is 19.3. The van der Waals surface area contributed by atoms with Crippen LogP contribution >= 0.6 is 0 Å². The Labute approximate surface area is 162 Å². The number of furan rings is 1. The molecular weight excluding hydrogens is 356 g/mol. The van der Waals surface area contributed by atoms with Crippen LogP contribution in [0.15, 0.2) is 68.4 Å². The zero-order valence-corrected chi connectivity index (χ0v) is 15.8. The van der Waals surface area contributed by atoms with E-state index in [4.69, 9.17) is 18.3 Å². The fourth-order valence-corrected chi connectivity index (χ4v) is 3.16. The number of benzene rings is 2. The largest absolute Gasteiger partial charge is 0.494 e. The van der Waals surface area contributed by atoms with Gasteiger partial charge in [-0.15, -0.1) is 0 Å². The Morgan fingerprint density at radius 1 is 0.857 bits per heavy atom. The average Bonchev–Trinajstić information content (AvgIpc) is 3.18. The monoisotopic (exact) mass is 378 g/mol. The standard InChI is InChI=1S/C23H22O5/c1-2-16-5-7-17(8-6-16)25-12-3-4-13-27-23-18-9-10-22(24)28-21(18)15-20-19(23)11-14-26-20/h5-11,14-15H,2-4,12-13H2,1H3. The van der Waals surface area contributed by atoms with E-state index in [2.05, 4.69) is 19.1 Å². The molecule has 0 saturated carbocycles. The summed E-state index contributed by atoms with van der Waals surface area (Å²) in [6.45, 7) is 3.31. The number of ether oxygens (including phenoxy) is 2. The van der Waals surface area contributed by atoms with Gasteiger partial charge in [0.15, 0.2) is 0 Å². The minimum atomic E-state index is -0.395. The molecule has 5 heteroatoms. The summed E-state index contributed by atoms with van der Waals surface area (Å²) in [4.78, 5) is 11.5. The van der Waals surface area contributed by atoms with Gasteiger partial charge in [0.2, 0.25) is 0 Å². The van der Waals surface area contributed by atoms with E-state index in [1.807, 2.05) is 18.2 Å². The van der Waals surface area contributed by atoms with Crippen molar-refractivity contribution in [2.45, 2.75) is 26.2 Å². The quantitative estimate of drug-likeness (QED) is 0.306. The molecule has 0 amide bonds. The lowest BCUT2D eigenvalue weighted by Crippen LogP contribution is -2.03. The van der Waals surface area contributed by atoms with Gasteiger partial charge in [0.05, 0.1) is 30.2 Å². The molecule has 2 heterocycles. The molecule has 0 radical (unpaired) electrons. The summed E-state index contributed by atoms with van der Waals surface area (Å²) in [7, 11) is 0. The van der Waals surface area contributed by atoms with Gasteiger partial charge in [-0.3, -0.25) is 0 Å². The van der Waals surface area contributed by atoms with Crippen LogP contribution in [0.4, 0.5) is 0 Å². The van der Waals surface area contributed by atoms with Gasteiger partial charge in [-0.2, -0.15) is 0 Å². The van der Waals surface area contributed by atoms with E-state index in [-0.39, 0.29) is 0 Å². The molecule has 0 aliphatic heterocycles. The summed E-state index contributed by atoms with van der Waals surface area (Å²) in [6.07, 6.45) is 4.36. The highest BCUT2D eigenvalue weighted by atomic mass is 16.5. The first-order chi connectivity index (χ1) is 13.7. The van der Waals surface area contributed by atoms with Gasteiger partial charge in [-0.1, -0.05) is 19.1 Å². The van der Waals surface area contributed by atoms with E-state index in [0.29, 0.717) is 30.1 Å². The lowest BCUT2D eigenvalue weighted by atomic mass is 10.1. The van der Waals surface area contributed by atoms with Gasteiger partial charge < -0.3 is 18.3 Å². The fourth-order valence-electron chi connectivity index (χ4n) is 3.16. The predicted octanol–water partition coefficient (Wildman–Crippen LogP) is 5.34. The topological polar surface area (TPSA) is 61.8 Å². The maximum atomic E-state index is 11.5. The maximum absolute atomic E-state index is 11.5. The van der Waals surface area contributed by atoms with Crippen molar-refractivity contribution in [3.05, 3.63) is 70.8 Å². The van der Waals surface area contributed by atoms with Crippen molar-refractivity contribution in [2.24, 2.45) is 0 Å². The molecule has 2 aromatic heterocycles. The zero-order valence-electron chi connectivity index (χ0n) is 15.8. The second-order valence-corrected chi connectivity index (χ2v) is 6.61. The molecule has 0 atom stereocenters. The molecule has 0 N–H and O–H groups in total. The molecule has 0 aliphatic carbocycles. The summed E-state index contributed by atoms with van der Waals surface area (Å²) in [5.74, 6) is 1.57. The van der Waals surface area contributed by atoms with Crippen LogP contribution in [0.25, 0.3) is 21.9 Å². The Morgan fingerprint density at radius 2 is 1.61 bits per heavy atom. The molecular formula is C23H22O5. The minimum Gasteiger partial charge on any atom is -0.494 e. The summed E-state index contributed by atoms with van der Waals surface area (Å²) < 4.78 is 22.5. The molecule has 0 bridgehead atoms. The summed E-state index contributed by atoms with van der Waals surface area (Å²) in [5, 5.41) is 1.63. The third kappa shape index (κ3) is 3.88. The maximum Gasteiger partial charge on any atom is 0.336 e. The molecule has 0 fully saturated rings. The second-order valence-electron chi connectivity index (χ2n) is 6.61. The first-order valence-corrected chi connectivity index (χ1v) is 9.53. The van der Waals surface area contributed by atoms with E-state index in [1.165, 1.54) is 11.6 Å². The molecule has 0 unspecified atom stereocenters. The SMILES string of the molecule is CCc1ccc(OCCCCOc2c3ccoc3cc3oc(=O)ccc23)cc1. The van der Waals surface area contributed by atoms with Crippen LogP contribution in [0.1, 0.15) is 25.3 Å². The van der Waals surface area contributed by atoms with Crippen molar-refractivity contribution in [2.75, 3.05) is 13.2 Å². The van der Waals surface area contributed by atoms with E-state index >= 15 is 0 Å². The van der Waals surface area contributed by atoms with Crippen LogP contribution < -0.4 is 15.1 Å². The minimum absolute atomic E-state index is 0.395. The number of fused-ring (bicyclic) bond motifs is 2. The van der Waals surface area contributed by atoms with Crippen molar-refractivity contribution in [3.8, 4) is 11.5 Å². The molecule has 2 aromatic carbocycles. The van der Waals surface area contributed by atoms with E-state index in [1.54, 1.807) is 18.4 Å². The highest BCUT2D eigenvalue weighted by Crippen LogP contribution is 2.35. The second kappa shape index (κ2) is 8.21. The van der Waals surface area contributed by atoms with Crippen molar-refractivity contribution >= 4 is 21.9 Å². The summed E-state index contributed by atoms with van der Waals surface area (Å²) >= 11 is 0. The van der Waals surface area contributed by atoms with E-state index in [9.17, 15) is 4.79 Å². The molecule has 0 saturated heterocycles. The number of hydrogen-bond donors (Lipinski definition) is 0. The number of unbranched alkanes of at least 4 members (excludes halogenated alkanes) is 1. The first kappa shape index (κ1) is 18.2. The van der Waals surface area contributed by atoms with Gasteiger partial charge in [-0.05, 0) is 49.1 Å². The van der Waals surface area contributed by atoms with Crippen molar-refractivity contribution in [1.29, 1.82) is 0 Å². The lowest BCUT2D eigenvalue weighted by Gasteiger charge is -2.10. The number of hydrogen-bond acceptors (Lipinski definition) is 5. The Kier molecular flexibility index (Phi) is 5.33. The van der Waals surface area contributed by atoms with Crippen LogP contribution in [0, 0.1) is 0 Å². The predicted molar refractivity (Wildman–Crippen MR) is 108 cm³/mol. The Hall–Kier alpha value is -3.21. The van der Waals surface area contributed by atoms with Crippen molar-refractivity contribution < 1.29 is 18.3 Å². The highest BCUT2D eigenvalue weighted by Gasteiger charge is 2.13. The smallest absolute Gasteiger partial charge is 0.336 e. The fraction of sp³-hybridized carbons (Fsp3) is 0.261. The van der Waals surface area contributed by atoms with E-state index < -0.39 is 5.63 Å². The van der Waals surface area contributed by atoms with Crippen LogP contribution in [-0.2, 0) is 6.42 Å². The first-order valence-electron chi connectivity index (χ1n) is 9.53. The normalized spacial score (nSPS) is 11.2. The van der Waals surface area contributed by atoms with Gasteiger partial charge in [0.1, 0.15) is 22.7 Å². The summed E-state index contributed by atoms with van der Waals surface area (Å²) in [6, 6.07) is 14.9. The Morgan fingerprint density at radius 3 is 2.39 bits per heavy atom. The van der Waals surface area contributed by atoms with Crippen LogP contribution in [0.5, 0.6) is 11.5 Å². The van der Waals surface area contributed by atoms with Crippen LogP contribution in [-0.4, -0.2) is 13.2 Å². The number of rotatable bonds is 8. The van der Waals surface area contributed by atoms with Gasteiger partial charge in [0.25, 0.3) is 0 Å². The third-order valence-electron chi connectivity index (χ3n) is 4.69. The molecule has 4 aromatic rings. The molecule has 4 rings (SSSR count). The van der Waals surface area contributed by atoms with E-state index in [0.717, 1.165) is 35.8 Å². The van der Waals surface area contributed by atoms with Gasteiger partial charge in [-0.25, -0.2) is 4.79 Å². The molecule has 0 spiro atoms. The van der Waals surface area contributed by atoms with Crippen molar-refractivity contribution in [1.82, 2.24) is 0 Å². The summed E-state index contributed by atoms with van der Waals surface area (Å²) in [5.41, 5.74) is 2.00. The molecule has 144 valence electrons. The molecule has 28 heavy (non-hydrogen) atoms. The van der Waals surface area contributed by atoms with Crippen LogP contribution in [0.2, 0.25) is 0 Å². The van der Waals surface area contributed by atoms with Crippen molar-refractivity contribution in [3.63, 3.8) is 0 Å². The third-order valence-corrected chi connectivity index (χ3v) is 4.69. The van der Waals surface area contributed by atoms with Crippen LogP contribution in [0.3, 0.4) is 0 Å². The highest BCUT2D eigenvalue weighted by molar-refractivity contribution is 6.01. The molecule has 0 aliphatic rings.